The van der Waals surface area contributed by atoms with Gasteiger partial charge in [0.2, 0.25) is 0 Å². The summed E-state index contributed by atoms with van der Waals surface area (Å²) in [5, 5.41) is 19.3. The molecule has 2 N–H and O–H groups in total. The molecule has 102 valence electrons. The molecule has 0 fully saturated rings. The zero-order chi connectivity index (χ0) is 14.7. The van der Waals surface area contributed by atoms with Crippen molar-refractivity contribution in [1.82, 2.24) is 0 Å². The van der Waals surface area contributed by atoms with Gasteiger partial charge >= 0.3 is 5.97 Å². The first kappa shape index (κ1) is 14.4. The lowest BCUT2D eigenvalue weighted by molar-refractivity contribution is 0.0698. The Bertz CT molecular complexity index is 699. The SMILES string of the molecule is O=C(O)c1ccccc1N=Cc1cc(Cl)cc(Cl)c1O. The maximum atomic E-state index is 11.0. The van der Waals surface area contributed by atoms with E-state index in [0.717, 1.165) is 0 Å². The van der Waals surface area contributed by atoms with E-state index in [1.54, 1.807) is 18.2 Å². The highest BCUT2D eigenvalue weighted by molar-refractivity contribution is 6.36. The number of aromatic carboxylic acids is 1. The quantitative estimate of drug-likeness (QED) is 0.837. The number of para-hydroxylation sites is 1. The molecule has 0 spiro atoms. The van der Waals surface area contributed by atoms with E-state index in [1.165, 1.54) is 24.4 Å². The zero-order valence-electron chi connectivity index (χ0n) is 10.0. The normalized spacial score (nSPS) is 10.9. The molecular formula is C14H9Cl2NO3. The average Bonchev–Trinajstić information content (AvgIpc) is 2.41. The van der Waals surface area contributed by atoms with Gasteiger partial charge in [-0.25, -0.2) is 4.79 Å². The molecule has 0 atom stereocenters. The summed E-state index contributed by atoms with van der Waals surface area (Å²) in [4.78, 5) is 15.1. The summed E-state index contributed by atoms with van der Waals surface area (Å²) < 4.78 is 0. The number of benzene rings is 2. The van der Waals surface area contributed by atoms with Crippen LogP contribution in [0.2, 0.25) is 10.0 Å². The van der Waals surface area contributed by atoms with Crippen LogP contribution in [0.15, 0.2) is 41.4 Å². The number of nitrogens with zero attached hydrogens (tertiary/aromatic N) is 1. The fourth-order valence-corrected chi connectivity index (χ4v) is 2.10. The van der Waals surface area contributed by atoms with E-state index in [2.05, 4.69) is 4.99 Å². The molecule has 2 aromatic carbocycles. The van der Waals surface area contributed by atoms with Crippen LogP contribution in [0.3, 0.4) is 0 Å². The van der Waals surface area contributed by atoms with Gasteiger partial charge in [-0.1, -0.05) is 35.3 Å². The van der Waals surface area contributed by atoms with Gasteiger partial charge in [0.05, 0.1) is 16.3 Å². The third kappa shape index (κ3) is 3.10. The third-order valence-corrected chi connectivity index (χ3v) is 3.04. The van der Waals surface area contributed by atoms with Crippen LogP contribution >= 0.6 is 23.2 Å². The minimum absolute atomic E-state index is 0.0661. The van der Waals surface area contributed by atoms with Gasteiger partial charge in [-0.3, -0.25) is 4.99 Å². The Hall–Kier alpha value is -2.04. The first-order chi connectivity index (χ1) is 9.49. The van der Waals surface area contributed by atoms with Gasteiger partial charge in [0.1, 0.15) is 5.75 Å². The van der Waals surface area contributed by atoms with Crippen LogP contribution in [0.5, 0.6) is 5.75 Å². The van der Waals surface area contributed by atoms with Gasteiger partial charge in [-0.05, 0) is 24.3 Å². The number of hydrogen-bond donors (Lipinski definition) is 2. The predicted molar refractivity (Wildman–Crippen MR) is 78.8 cm³/mol. The third-order valence-electron chi connectivity index (χ3n) is 2.53. The lowest BCUT2D eigenvalue weighted by Crippen LogP contribution is -1.96. The first-order valence-corrected chi connectivity index (χ1v) is 6.29. The molecule has 0 saturated carbocycles. The van der Waals surface area contributed by atoms with Crippen LogP contribution < -0.4 is 0 Å². The number of aliphatic imine (C=N–C) groups is 1. The molecule has 0 bridgehead atoms. The van der Waals surface area contributed by atoms with Crippen LogP contribution in [-0.2, 0) is 0 Å². The number of rotatable bonds is 3. The molecule has 6 heteroatoms. The average molecular weight is 310 g/mol. The highest BCUT2D eigenvalue weighted by atomic mass is 35.5. The Labute approximate surface area is 124 Å². The highest BCUT2D eigenvalue weighted by Gasteiger charge is 2.09. The molecule has 0 unspecified atom stereocenters. The topological polar surface area (TPSA) is 69.9 Å². The summed E-state index contributed by atoms with van der Waals surface area (Å²) in [6, 6.07) is 9.17. The maximum absolute atomic E-state index is 11.0. The van der Waals surface area contributed by atoms with Crippen molar-refractivity contribution < 1.29 is 15.0 Å². The molecule has 0 aliphatic heterocycles. The summed E-state index contributed by atoms with van der Waals surface area (Å²) in [5.74, 6) is -1.24. The Balaban J connectivity index is 2.42. The minimum atomic E-state index is -1.08. The molecule has 0 aliphatic rings. The monoisotopic (exact) mass is 309 g/mol. The number of carboxylic acids is 1. The van der Waals surface area contributed by atoms with E-state index < -0.39 is 5.97 Å². The molecule has 0 amide bonds. The van der Waals surface area contributed by atoms with Crippen LogP contribution in [0.1, 0.15) is 15.9 Å². The summed E-state index contributed by atoms with van der Waals surface area (Å²) in [7, 11) is 0. The van der Waals surface area contributed by atoms with Gasteiger partial charge in [0, 0.05) is 16.8 Å². The second-order valence-corrected chi connectivity index (χ2v) is 4.75. The zero-order valence-corrected chi connectivity index (χ0v) is 11.6. The summed E-state index contributed by atoms with van der Waals surface area (Å²) in [6.07, 6.45) is 1.31. The van der Waals surface area contributed by atoms with Gasteiger partial charge in [0.15, 0.2) is 0 Å². The highest BCUT2D eigenvalue weighted by Crippen LogP contribution is 2.30. The van der Waals surface area contributed by atoms with Gasteiger partial charge < -0.3 is 10.2 Å². The molecular weight excluding hydrogens is 301 g/mol. The van der Waals surface area contributed by atoms with E-state index in [9.17, 15) is 9.90 Å². The number of carboxylic acid groups (broad SMARTS) is 1. The number of carbonyl (C=O) groups is 1. The van der Waals surface area contributed by atoms with E-state index in [1.807, 2.05) is 0 Å². The van der Waals surface area contributed by atoms with Crippen molar-refractivity contribution in [2.75, 3.05) is 0 Å². The Morgan fingerprint density at radius 3 is 2.60 bits per heavy atom. The Kier molecular flexibility index (Phi) is 4.27. The predicted octanol–water partition coefficient (Wildman–Crippen LogP) is 4.15. The minimum Gasteiger partial charge on any atom is -0.506 e. The smallest absolute Gasteiger partial charge is 0.337 e. The largest absolute Gasteiger partial charge is 0.506 e. The molecule has 2 aromatic rings. The summed E-state index contributed by atoms with van der Waals surface area (Å²) >= 11 is 11.6. The van der Waals surface area contributed by atoms with E-state index in [4.69, 9.17) is 28.3 Å². The van der Waals surface area contributed by atoms with E-state index in [0.29, 0.717) is 10.6 Å². The summed E-state index contributed by atoms with van der Waals surface area (Å²) in [6.45, 7) is 0. The van der Waals surface area contributed by atoms with Crippen LogP contribution in [-0.4, -0.2) is 22.4 Å². The molecule has 0 heterocycles. The molecule has 20 heavy (non-hydrogen) atoms. The lowest BCUT2D eigenvalue weighted by Gasteiger charge is -2.03. The molecule has 4 nitrogen and oxygen atoms in total. The van der Waals surface area contributed by atoms with Crippen molar-refractivity contribution >= 4 is 41.1 Å². The second kappa shape index (κ2) is 5.94. The van der Waals surface area contributed by atoms with Crippen LogP contribution in [0, 0.1) is 0 Å². The van der Waals surface area contributed by atoms with Crippen molar-refractivity contribution in [3.8, 4) is 5.75 Å². The fourth-order valence-electron chi connectivity index (χ4n) is 1.59. The molecule has 2 rings (SSSR count). The van der Waals surface area contributed by atoms with Crippen LogP contribution in [0.4, 0.5) is 5.69 Å². The standard InChI is InChI=1S/C14H9Cl2NO3/c15-9-5-8(13(18)11(16)6-9)7-17-12-4-2-1-3-10(12)14(19)20/h1-7,18H,(H,19,20). The molecule has 0 aliphatic carbocycles. The van der Waals surface area contributed by atoms with Crippen molar-refractivity contribution in [3.63, 3.8) is 0 Å². The second-order valence-electron chi connectivity index (χ2n) is 3.91. The molecule has 0 radical (unpaired) electrons. The fraction of sp³-hybridized carbons (Fsp3) is 0. The van der Waals surface area contributed by atoms with Gasteiger partial charge in [-0.15, -0.1) is 0 Å². The molecule has 0 saturated heterocycles. The van der Waals surface area contributed by atoms with Gasteiger partial charge in [-0.2, -0.15) is 0 Å². The maximum Gasteiger partial charge on any atom is 0.337 e. The number of aromatic hydroxyl groups is 1. The first-order valence-electron chi connectivity index (χ1n) is 5.53. The van der Waals surface area contributed by atoms with E-state index >= 15 is 0 Å². The number of hydrogen-bond acceptors (Lipinski definition) is 3. The lowest BCUT2D eigenvalue weighted by atomic mass is 10.2. The Morgan fingerprint density at radius 1 is 1.20 bits per heavy atom. The van der Waals surface area contributed by atoms with Crippen molar-refractivity contribution in [3.05, 3.63) is 57.6 Å². The Morgan fingerprint density at radius 2 is 1.90 bits per heavy atom. The number of phenolic OH excluding ortho intramolecular Hbond substituents is 1. The van der Waals surface area contributed by atoms with E-state index in [-0.39, 0.29) is 22.0 Å². The van der Waals surface area contributed by atoms with Crippen molar-refractivity contribution in [1.29, 1.82) is 0 Å². The van der Waals surface area contributed by atoms with Crippen molar-refractivity contribution in [2.24, 2.45) is 4.99 Å². The van der Waals surface area contributed by atoms with Crippen LogP contribution in [0.25, 0.3) is 0 Å². The number of phenols is 1. The van der Waals surface area contributed by atoms with Gasteiger partial charge in [0.25, 0.3) is 0 Å². The van der Waals surface area contributed by atoms with Crippen molar-refractivity contribution in [2.45, 2.75) is 0 Å². The molecule has 0 aromatic heterocycles. The summed E-state index contributed by atoms with van der Waals surface area (Å²) in [5.41, 5.74) is 0.648. The number of halogens is 2.